The average molecular weight is 266 g/mol. The molecule has 0 aromatic carbocycles. The fourth-order valence-corrected chi connectivity index (χ4v) is 1.46. The second-order valence-corrected chi connectivity index (χ2v) is 5.12. The number of nitrogens with one attached hydrogen (secondary N) is 2. The molecule has 0 radical (unpaired) electrons. The third-order valence-electron chi connectivity index (χ3n) is 3.15. The molecule has 0 aliphatic heterocycles. The van der Waals surface area contributed by atoms with Gasteiger partial charge >= 0.3 is 0 Å². The summed E-state index contributed by atoms with van der Waals surface area (Å²) in [6.45, 7) is 13.7. The Morgan fingerprint density at radius 3 is 2.47 bits per heavy atom. The van der Waals surface area contributed by atoms with E-state index in [1.54, 1.807) is 0 Å². The molecule has 0 saturated heterocycles. The van der Waals surface area contributed by atoms with Crippen molar-refractivity contribution in [1.29, 1.82) is 0 Å². The molecule has 1 aromatic rings. The number of rotatable bonds is 5. The lowest BCUT2D eigenvalue weighted by atomic mass is 10.1. The van der Waals surface area contributed by atoms with Crippen LogP contribution in [0.3, 0.4) is 0 Å². The molecule has 108 valence electrons. The average Bonchev–Trinajstić information content (AvgIpc) is 2.66. The van der Waals surface area contributed by atoms with Crippen LogP contribution in [-0.2, 0) is 6.54 Å². The molecule has 5 nitrogen and oxygen atoms in total. The van der Waals surface area contributed by atoms with Crippen molar-refractivity contribution >= 4 is 5.96 Å². The van der Waals surface area contributed by atoms with Crippen LogP contribution in [0.4, 0.5) is 0 Å². The summed E-state index contributed by atoms with van der Waals surface area (Å²) in [7, 11) is 0. The molecule has 1 atom stereocenters. The number of aromatic nitrogens is 1. The highest BCUT2D eigenvalue weighted by Gasteiger charge is 2.10. The van der Waals surface area contributed by atoms with Gasteiger partial charge in [-0.15, -0.1) is 0 Å². The van der Waals surface area contributed by atoms with Gasteiger partial charge in [-0.05, 0) is 33.6 Å². The van der Waals surface area contributed by atoms with Gasteiger partial charge in [0.05, 0.1) is 5.69 Å². The first-order valence-corrected chi connectivity index (χ1v) is 6.91. The molecule has 1 heterocycles. The molecule has 1 unspecified atom stereocenters. The maximum atomic E-state index is 5.52. The van der Waals surface area contributed by atoms with Crippen LogP contribution >= 0.6 is 0 Å². The first kappa shape index (κ1) is 15.5. The predicted molar refractivity (Wildman–Crippen MR) is 78.2 cm³/mol. The van der Waals surface area contributed by atoms with Gasteiger partial charge in [0, 0.05) is 12.6 Å². The number of nitrogens with zero attached hydrogens (tertiary/aromatic N) is 2. The van der Waals surface area contributed by atoms with Gasteiger partial charge in [-0.2, -0.15) is 0 Å². The van der Waals surface area contributed by atoms with E-state index in [0.717, 1.165) is 24.0 Å². The van der Waals surface area contributed by atoms with Gasteiger partial charge in [0.1, 0.15) is 12.3 Å². The van der Waals surface area contributed by atoms with E-state index in [-0.39, 0.29) is 0 Å². The zero-order valence-corrected chi connectivity index (χ0v) is 12.9. The molecule has 0 bridgehead atoms. The maximum absolute atomic E-state index is 5.52. The highest BCUT2D eigenvalue weighted by Crippen LogP contribution is 2.09. The smallest absolute Gasteiger partial charge is 0.216 e. The third kappa shape index (κ3) is 4.93. The normalized spacial score (nSPS) is 13.7. The molecule has 1 aromatic heterocycles. The molecule has 19 heavy (non-hydrogen) atoms. The molecular formula is C14H26N4O. The summed E-state index contributed by atoms with van der Waals surface area (Å²) in [5.74, 6) is 2.87. The van der Waals surface area contributed by atoms with Crippen molar-refractivity contribution in [2.24, 2.45) is 10.9 Å². The number of hydrogen-bond acceptors (Lipinski definition) is 3. The Balaban J connectivity index is 2.67. The van der Waals surface area contributed by atoms with E-state index in [1.165, 1.54) is 0 Å². The van der Waals surface area contributed by atoms with Gasteiger partial charge in [-0.1, -0.05) is 13.8 Å². The van der Waals surface area contributed by atoms with Crippen molar-refractivity contribution in [3.63, 3.8) is 0 Å². The highest BCUT2D eigenvalue weighted by molar-refractivity contribution is 5.79. The number of oxazole rings is 1. The van der Waals surface area contributed by atoms with E-state index >= 15 is 0 Å². The minimum atomic E-state index is 0.367. The lowest BCUT2D eigenvalue weighted by Crippen LogP contribution is -2.44. The zero-order valence-electron chi connectivity index (χ0n) is 12.9. The number of aliphatic imine (C=N–C) groups is 1. The van der Waals surface area contributed by atoms with E-state index in [4.69, 9.17) is 4.42 Å². The summed E-state index contributed by atoms with van der Waals surface area (Å²) in [5, 5.41) is 6.61. The Bertz CT molecular complexity index is 404. The third-order valence-corrected chi connectivity index (χ3v) is 3.15. The molecule has 0 aliphatic rings. The minimum absolute atomic E-state index is 0.367. The summed E-state index contributed by atoms with van der Waals surface area (Å²) >= 11 is 0. The Labute approximate surface area is 115 Å². The Hall–Kier alpha value is -1.52. The molecule has 0 amide bonds. The van der Waals surface area contributed by atoms with E-state index in [9.17, 15) is 0 Å². The van der Waals surface area contributed by atoms with Crippen molar-refractivity contribution < 1.29 is 4.42 Å². The molecule has 0 aliphatic carbocycles. The topological polar surface area (TPSA) is 62.5 Å². The minimum Gasteiger partial charge on any atom is -0.444 e. The second kappa shape index (κ2) is 7.16. The van der Waals surface area contributed by atoms with Crippen LogP contribution in [0.2, 0.25) is 0 Å². The largest absolute Gasteiger partial charge is 0.444 e. The van der Waals surface area contributed by atoms with Gasteiger partial charge in [0.25, 0.3) is 0 Å². The summed E-state index contributed by atoms with van der Waals surface area (Å²) in [5.41, 5.74) is 0.929. The summed E-state index contributed by atoms with van der Waals surface area (Å²) in [6.07, 6.45) is 0. The van der Waals surface area contributed by atoms with E-state index in [1.807, 2.05) is 13.8 Å². The van der Waals surface area contributed by atoms with Crippen LogP contribution in [0.15, 0.2) is 9.41 Å². The number of aryl methyl sites for hydroxylation is 2. The van der Waals surface area contributed by atoms with Gasteiger partial charge in [-0.25, -0.2) is 9.98 Å². The van der Waals surface area contributed by atoms with Crippen molar-refractivity contribution in [2.75, 3.05) is 6.54 Å². The lowest BCUT2D eigenvalue weighted by Gasteiger charge is -2.20. The van der Waals surface area contributed by atoms with Crippen molar-refractivity contribution in [2.45, 2.75) is 54.1 Å². The van der Waals surface area contributed by atoms with E-state index in [2.05, 4.69) is 48.3 Å². The summed E-state index contributed by atoms with van der Waals surface area (Å²) in [6, 6.07) is 0.367. The van der Waals surface area contributed by atoms with Crippen molar-refractivity contribution in [3.8, 4) is 0 Å². The molecule has 1 rings (SSSR count). The molecule has 2 N–H and O–H groups in total. The summed E-state index contributed by atoms with van der Waals surface area (Å²) < 4.78 is 5.52. The highest BCUT2D eigenvalue weighted by atomic mass is 16.4. The van der Waals surface area contributed by atoms with Gasteiger partial charge in [0.15, 0.2) is 5.96 Å². The first-order chi connectivity index (χ1) is 8.93. The van der Waals surface area contributed by atoms with Crippen molar-refractivity contribution in [3.05, 3.63) is 17.3 Å². The fourth-order valence-electron chi connectivity index (χ4n) is 1.46. The maximum Gasteiger partial charge on any atom is 0.216 e. The van der Waals surface area contributed by atoms with Gasteiger partial charge in [0.2, 0.25) is 5.89 Å². The Morgan fingerprint density at radius 2 is 2.00 bits per heavy atom. The SMILES string of the molecule is CCNC(=NCc1nc(C)c(C)o1)NC(C)C(C)C. The lowest BCUT2D eigenvalue weighted by molar-refractivity contribution is 0.467. The Morgan fingerprint density at radius 1 is 1.32 bits per heavy atom. The van der Waals surface area contributed by atoms with Crippen LogP contribution < -0.4 is 10.6 Å². The van der Waals surface area contributed by atoms with E-state index < -0.39 is 0 Å². The van der Waals surface area contributed by atoms with Gasteiger partial charge < -0.3 is 15.1 Å². The monoisotopic (exact) mass is 266 g/mol. The number of guanidine groups is 1. The predicted octanol–water partition coefficient (Wildman–Crippen LogP) is 2.39. The molecule has 0 spiro atoms. The standard InChI is InChI=1S/C14H26N4O/c1-7-15-14(18-10(4)9(2)3)16-8-13-17-11(5)12(6)19-13/h9-10H,7-8H2,1-6H3,(H2,15,16,18). The van der Waals surface area contributed by atoms with E-state index in [0.29, 0.717) is 24.4 Å². The number of hydrogen-bond donors (Lipinski definition) is 2. The molecule has 0 saturated carbocycles. The Kier molecular flexibility index (Phi) is 5.86. The molecular weight excluding hydrogens is 240 g/mol. The van der Waals surface area contributed by atoms with Crippen LogP contribution in [0.5, 0.6) is 0 Å². The van der Waals surface area contributed by atoms with Crippen LogP contribution in [0.1, 0.15) is 45.0 Å². The summed E-state index contributed by atoms with van der Waals surface area (Å²) in [4.78, 5) is 8.83. The van der Waals surface area contributed by atoms with Gasteiger partial charge in [-0.3, -0.25) is 0 Å². The first-order valence-electron chi connectivity index (χ1n) is 6.91. The van der Waals surface area contributed by atoms with Crippen LogP contribution in [-0.4, -0.2) is 23.5 Å². The molecule has 0 fully saturated rings. The quantitative estimate of drug-likeness (QED) is 0.634. The molecule has 5 heteroatoms. The second-order valence-electron chi connectivity index (χ2n) is 5.12. The zero-order chi connectivity index (χ0) is 14.4. The van der Waals surface area contributed by atoms with Crippen LogP contribution in [0.25, 0.3) is 0 Å². The van der Waals surface area contributed by atoms with Crippen LogP contribution in [0, 0.1) is 19.8 Å². The van der Waals surface area contributed by atoms with Crippen molar-refractivity contribution in [1.82, 2.24) is 15.6 Å². The fraction of sp³-hybridized carbons (Fsp3) is 0.714.